The molecule has 1 saturated heterocycles. The lowest BCUT2D eigenvalue weighted by molar-refractivity contribution is -0.140. The molecule has 0 unspecified atom stereocenters. The molecule has 0 radical (unpaired) electrons. The number of carbonyl (C=O) groups is 2. The number of amides is 1. The van der Waals surface area contributed by atoms with Crippen molar-refractivity contribution in [3.05, 3.63) is 58.7 Å². The number of aryl methyl sites for hydroxylation is 1. The van der Waals surface area contributed by atoms with E-state index in [9.17, 15) is 14.7 Å². The van der Waals surface area contributed by atoms with Crippen LogP contribution in [0.15, 0.2) is 42.0 Å². The summed E-state index contributed by atoms with van der Waals surface area (Å²) in [5.41, 5.74) is 1.81. The summed E-state index contributed by atoms with van der Waals surface area (Å²) in [6, 6.07) is 9.59. The van der Waals surface area contributed by atoms with Gasteiger partial charge in [-0.1, -0.05) is 12.1 Å². The number of aliphatic hydroxyl groups is 1. The van der Waals surface area contributed by atoms with Crippen LogP contribution in [0.1, 0.15) is 29.2 Å². The molecule has 1 aliphatic rings. The first-order chi connectivity index (χ1) is 16.2. The molecule has 0 spiro atoms. The second kappa shape index (κ2) is 10.6. The third-order valence-corrected chi connectivity index (χ3v) is 5.94. The molecule has 0 aliphatic carbocycles. The molecule has 182 valence electrons. The zero-order valence-corrected chi connectivity index (χ0v) is 20.5. The highest BCUT2D eigenvalue weighted by Crippen LogP contribution is 2.45. The molecule has 3 rings (SSSR count). The monoisotopic (exact) mass is 468 g/mol. The molecule has 1 aliphatic heterocycles. The van der Waals surface area contributed by atoms with Gasteiger partial charge in [0.25, 0.3) is 11.7 Å². The number of nitrogens with zero attached hydrogens (tertiary/aromatic N) is 2. The number of methoxy groups -OCH3 is 3. The predicted molar refractivity (Wildman–Crippen MR) is 129 cm³/mol. The van der Waals surface area contributed by atoms with Crippen molar-refractivity contribution in [1.82, 2.24) is 9.80 Å². The zero-order valence-electron chi connectivity index (χ0n) is 20.5. The fraction of sp³-hybridized carbons (Fsp3) is 0.385. The van der Waals surface area contributed by atoms with Crippen molar-refractivity contribution in [1.29, 1.82) is 0 Å². The molecule has 34 heavy (non-hydrogen) atoms. The maximum atomic E-state index is 13.3. The normalized spacial score (nSPS) is 17.4. The third-order valence-electron chi connectivity index (χ3n) is 5.94. The van der Waals surface area contributed by atoms with E-state index < -0.39 is 17.7 Å². The van der Waals surface area contributed by atoms with Crippen LogP contribution < -0.4 is 14.2 Å². The van der Waals surface area contributed by atoms with Gasteiger partial charge in [0.2, 0.25) is 0 Å². The lowest BCUT2D eigenvalue weighted by atomic mass is 9.94. The maximum absolute atomic E-state index is 13.3. The molecule has 1 atom stereocenters. The number of ether oxygens (including phenoxy) is 3. The molecule has 8 heteroatoms. The van der Waals surface area contributed by atoms with Crippen LogP contribution in [0.25, 0.3) is 5.76 Å². The number of ketones is 1. The number of likely N-dealkylation sites (tertiary alicyclic amines) is 1. The molecular formula is C26H32N2O6. The molecule has 1 heterocycles. The second-order valence-electron chi connectivity index (χ2n) is 8.42. The Balaban J connectivity index is 2.21. The Morgan fingerprint density at radius 1 is 1.03 bits per heavy atom. The van der Waals surface area contributed by atoms with Crippen molar-refractivity contribution in [2.24, 2.45) is 0 Å². The van der Waals surface area contributed by atoms with Crippen molar-refractivity contribution in [3.8, 4) is 17.2 Å². The Kier molecular flexibility index (Phi) is 7.83. The number of para-hydroxylation sites is 1. The Bertz CT molecular complexity index is 1110. The van der Waals surface area contributed by atoms with Gasteiger partial charge in [-0.15, -0.1) is 0 Å². The zero-order chi connectivity index (χ0) is 25.0. The number of hydrogen-bond donors (Lipinski definition) is 1. The highest BCUT2D eigenvalue weighted by atomic mass is 16.5. The maximum Gasteiger partial charge on any atom is 0.295 e. The third kappa shape index (κ3) is 4.72. The fourth-order valence-corrected chi connectivity index (χ4v) is 4.30. The van der Waals surface area contributed by atoms with E-state index in [2.05, 4.69) is 0 Å². The van der Waals surface area contributed by atoms with Crippen molar-refractivity contribution < 1.29 is 28.9 Å². The number of rotatable bonds is 9. The minimum absolute atomic E-state index is 0.0194. The van der Waals surface area contributed by atoms with Gasteiger partial charge in [-0.05, 0) is 63.8 Å². The molecule has 0 saturated carbocycles. The van der Waals surface area contributed by atoms with Gasteiger partial charge in [-0.3, -0.25) is 9.59 Å². The predicted octanol–water partition coefficient (Wildman–Crippen LogP) is 3.39. The van der Waals surface area contributed by atoms with Gasteiger partial charge >= 0.3 is 0 Å². The first kappa shape index (κ1) is 25.1. The number of hydrogen-bond acceptors (Lipinski definition) is 7. The van der Waals surface area contributed by atoms with Crippen molar-refractivity contribution >= 4 is 17.4 Å². The molecule has 0 bridgehead atoms. The molecule has 0 aromatic heterocycles. The molecule has 1 fully saturated rings. The van der Waals surface area contributed by atoms with Crippen LogP contribution in [-0.4, -0.2) is 75.1 Å². The van der Waals surface area contributed by atoms with Gasteiger partial charge in [0, 0.05) is 17.7 Å². The van der Waals surface area contributed by atoms with E-state index in [4.69, 9.17) is 14.2 Å². The van der Waals surface area contributed by atoms with Crippen LogP contribution in [0, 0.1) is 6.92 Å². The van der Waals surface area contributed by atoms with Crippen molar-refractivity contribution in [2.45, 2.75) is 19.4 Å². The molecule has 1 N–H and O–H groups in total. The smallest absolute Gasteiger partial charge is 0.295 e. The van der Waals surface area contributed by atoms with Crippen LogP contribution in [0.5, 0.6) is 17.2 Å². The molecule has 2 aromatic carbocycles. The van der Waals surface area contributed by atoms with E-state index in [1.54, 1.807) is 43.5 Å². The second-order valence-corrected chi connectivity index (χ2v) is 8.42. The fourth-order valence-electron chi connectivity index (χ4n) is 4.30. The Labute approximate surface area is 200 Å². The summed E-state index contributed by atoms with van der Waals surface area (Å²) in [6.07, 6.45) is 0.657. The Hall–Kier alpha value is -3.52. The first-order valence-electron chi connectivity index (χ1n) is 11.0. The van der Waals surface area contributed by atoms with E-state index in [1.807, 2.05) is 25.9 Å². The van der Waals surface area contributed by atoms with Gasteiger partial charge in [0.1, 0.15) is 11.5 Å². The first-order valence-corrected chi connectivity index (χ1v) is 11.0. The van der Waals surface area contributed by atoms with Crippen molar-refractivity contribution in [3.63, 3.8) is 0 Å². The van der Waals surface area contributed by atoms with Gasteiger partial charge in [-0.25, -0.2) is 0 Å². The largest absolute Gasteiger partial charge is 0.507 e. The summed E-state index contributed by atoms with van der Waals surface area (Å²) in [4.78, 5) is 29.9. The van der Waals surface area contributed by atoms with Crippen LogP contribution in [0.3, 0.4) is 0 Å². The van der Waals surface area contributed by atoms with E-state index in [1.165, 1.54) is 19.1 Å². The SMILES string of the molecule is COc1ccc(/C(O)=C2\C(=O)C(=O)N(CCCN(C)C)[C@H]2c2cccc(OC)c2OC)cc1C. The van der Waals surface area contributed by atoms with E-state index in [0.29, 0.717) is 41.3 Å². The number of aliphatic hydroxyl groups excluding tert-OH is 1. The highest BCUT2D eigenvalue weighted by Gasteiger charge is 2.47. The Morgan fingerprint density at radius 3 is 2.32 bits per heavy atom. The summed E-state index contributed by atoms with van der Waals surface area (Å²) in [5.74, 6) is -0.0858. The number of Topliss-reactive ketones (excluding diaryl/α,β-unsaturated/α-hetero) is 1. The van der Waals surface area contributed by atoms with E-state index in [-0.39, 0.29) is 11.3 Å². The molecule has 1 amide bonds. The minimum Gasteiger partial charge on any atom is -0.507 e. The molecular weight excluding hydrogens is 436 g/mol. The van der Waals surface area contributed by atoms with Crippen molar-refractivity contribution in [2.75, 3.05) is 48.5 Å². The summed E-state index contributed by atoms with van der Waals surface area (Å²) >= 11 is 0. The van der Waals surface area contributed by atoms with Crippen LogP contribution in [-0.2, 0) is 9.59 Å². The Morgan fingerprint density at radius 2 is 1.74 bits per heavy atom. The summed E-state index contributed by atoms with van der Waals surface area (Å²) < 4.78 is 16.4. The van der Waals surface area contributed by atoms with Crippen LogP contribution in [0.4, 0.5) is 0 Å². The van der Waals surface area contributed by atoms with Gasteiger partial charge in [0.05, 0.1) is 32.9 Å². The van der Waals surface area contributed by atoms with Gasteiger partial charge in [0.15, 0.2) is 11.5 Å². The standard InChI is InChI=1S/C26H32N2O6/c1-16-15-17(11-12-19(16)32-4)23(29)21-22(18-9-7-10-20(33-5)25(18)34-6)28(26(31)24(21)30)14-8-13-27(2)3/h7,9-12,15,22,29H,8,13-14H2,1-6H3/b23-21+/t22-/m0/s1. The van der Waals surface area contributed by atoms with E-state index in [0.717, 1.165) is 12.1 Å². The summed E-state index contributed by atoms with van der Waals surface area (Å²) in [5, 5.41) is 11.3. The molecule has 2 aromatic rings. The highest BCUT2D eigenvalue weighted by molar-refractivity contribution is 6.46. The number of benzene rings is 2. The topological polar surface area (TPSA) is 88.5 Å². The van der Waals surface area contributed by atoms with Gasteiger partial charge in [-0.2, -0.15) is 0 Å². The van der Waals surface area contributed by atoms with E-state index >= 15 is 0 Å². The quantitative estimate of drug-likeness (QED) is 0.343. The average molecular weight is 469 g/mol. The minimum atomic E-state index is -0.824. The lowest BCUT2D eigenvalue weighted by Crippen LogP contribution is -2.32. The summed E-state index contributed by atoms with van der Waals surface area (Å²) in [6.45, 7) is 2.92. The van der Waals surface area contributed by atoms with Gasteiger partial charge < -0.3 is 29.1 Å². The van der Waals surface area contributed by atoms with Crippen LogP contribution >= 0.6 is 0 Å². The number of carbonyl (C=O) groups excluding carboxylic acids is 2. The summed E-state index contributed by atoms with van der Waals surface area (Å²) in [7, 11) is 8.49. The van der Waals surface area contributed by atoms with Crippen LogP contribution in [0.2, 0.25) is 0 Å². The molecule has 8 nitrogen and oxygen atoms in total. The average Bonchev–Trinajstić information content (AvgIpc) is 3.07. The lowest BCUT2D eigenvalue weighted by Gasteiger charge is -2.27.